The van der Waals surface area contributed by atoms with Crippen LogP contribution in [0.15, 0.2) is 65.3 Å². The highest BCUT2D eigenvalue weighted by molar-refractivity contribution is 9.10. The Balaban J connectivity index is 1.57. The Morgan fingerprint density at radius 2 is 2.00 bits per heavy atom. The molecule has 128 valence electrons. The second-order valence-electron chi connectivity index (χ2n) is 5.53. The number of ether oxygens (including phenoxy) is 1. The molecule has 0 fully saturated rings. The number of halogens is 1. The monoisotopic (exact) mass is 400 g/mol. The van der Waals surface area contributed by atoms with Gasteiger partial charge >= 0.3 is 6.09 Å². The first kappa shape index (κ1) is 17.2. The van der Waals surface area contributed by atoms with E-state index >= 15 is 0 Å². The Kier molecular flexibility index (Phi) is 5.45. The van der Waals surface area contributed by atoms with Crippen molar-refractivity contribution in [2.45, 2.75) is 13.2 Å². The van der Waals surface area contributed by atoms with Crippen LogP contribution in [0.1, 0.15) is 11.3 Å². The van der Waals surface area contributed by atoms with E-state index in [1.54, 1.807) is 17.9 Å². The summed E-state index contributed by atoms with van der Waals surface area (Å²) in [6.07, 6.45) is 1.39. The molecule has 0 N–H and O–H groups in total. The van der Waals surface area contributed by atoms with E-state index in [0.717, 1.165) is 15.7 Å². The number of rotatable bonds is 5. The molecular weight excluding hydrogens is 384 g/mol. The highest BCUT2D eigenvalue weighted by Crippen LogP contribution is 2.15. The first-order valence-corrected chi connectivity index (χ1v) is 8.50. The maximum absolute atomic E-state index is 12.1. The molecule has 0 saturated carbocycles. The normalized spacial score (nSPS) is 10.5. The van der Waals surface area contributed by atoms with E-state index in [0.29, 0.717) is 12.2 Å². The van der Waals surface area contributed by atoms with Crippen molar-refractivity contribution in [2.75, 3.05) is 7.05 Å². The summed E-state index contributed by atoms with van der Waals surface area (Å²) in [5.41, 5.74) is 2.52. The molecule has 7 heteroatoms. The lowest BCUT2D eigenvalue weighted by Crippen LogP contribution is -2.27. The standard InChI is InChI=1S/C18H17BrN4O2/c1-22(18(24)25-13-14-6-3-2-4-7-14)11-16-12-23(21-20-16)17-9-5-8-15(19)10-17/h2-10,12H,11,13H2,1H3. The minimum absolute atomic E-state index is 0.245. The van der Waals surface area contributed by atoms with Crippen LogP contribution in [-0.4, -0.2) is 33.0 Å². The van der Waals surface area contributed by atoms with Crippen LogP contribution in [0.4, 0.5) is 4.79 Å². The van der Waals surface area contributed by atoms with Crippen molar-refractivity contribution in [2.24, 2.45) is 0 Å². The molecule has 1 amide bonds. The summed E-state index contributed by atoms with van der Waals surface area (Å²) in [4.78, 5) is 13.6. The SMILES string of the molecule is CN(Cc1cn(-c2cccc(Br)c2)nn1)C(=O)OCc1ccccc1. The van der Waals surface area contributed by atoms with Crippen molar-refractivity contribution < 1.29 is 9.53 Å². The van der Waals surface area contributed by atoms with Gasteiger partial charge in [0.15, 0.2) is 0 Å². The number of aromatic nitrogens is 3. The summed E-state index contributed by atoms with van der Waals surface area (Å²) >= 11 is 3.43. The summed E-state index contributed by atoms with van der Waals surface area (Å²) < 4.78 is 7.93. The van der Waals surface area contributed by atoms with Crippen LogP contribution in [0.5, 0.6) is 0 Å². The van der Waals surface area contributed by atoms with E-state index in [1.807, 2.05) is 54.6 Å². The first-order valence-electron chi connectivity index (χ1n) is 7.71. The number of benzene rings is 2. The van der Waals surface area contributed by atoms with E-state index < -0.39 is 6.09 Å². The van der Waals surface area contributed by atoms with Crippen molar-refractivity contribution in [1.82, 2.24) is 19.9 Å². The lowest BCUT2D eigenvalue weighted by atomic mass is 10.2. The molecule has 3 rings (SSSR count). The van der Waals surface area contributed by atoms with Gasteiger partial charge in [-0.3, -0.25) is 0 Å². The first-order chi connectivity index (χ1) is 12.1. The van der Waals surface area contributed by atoms with E-state index in [1.165, 1.54) is 4.90 Å². The fourth-order valence-electron chi connectivity index (χ4n) is 2.25. The van der Waals surface area contributed by atoms with E-state index in [-0.39, 0.29) is 6.61 Å². The molecule has 0 atom stereocenters. The number of hydrogen-bond donors (Lipinski definition) is 0. The molecule has 0 aliphatic heterocycles. The van der Waals surface area contributed by atoms with Gasteiger partial charge < -0.3 is 9.64 Å². The van der Waals surface area contributed by atoms with Gasteiger partial charge in [0.25, 0.3) is 0 Å². The van der Waals surface area contributed by atoms with Crippen molar-refractivity contribution >= 4 is 22.0 Å². The third kappa shape index (κ3) is 4.67. The van der Waals surface area contributed by atoms with Crippen LogP contribution in [0.2, 0.25) is 0 Å². The highest BCUT2D eigenvalue weighted by atomic mass is 79.9. The Hall–Kier alpha value is -2.67. The largest absolute Gasteiger partial charge is 0.445 e. The van der Waals surface area contributed by atoms with E-state index in [9.17, 15) is 4.79 Å². The summed E-state index contributed by atoms with van der Waals surface area (Å²) in [5.74, 6) is 0. The van der Waals surface area contributed by atoms with Crippen molar-refractivity contribution in [1.29, 1.82) is 0 Å². The molecule has 0 spiro atoms. The molecule has 6 nitrogen and oxygen atoms in total. The zero-order valence-corrected chi connectivity index (χ0v) is 15.3. The minimum Gasteiger partial charge on any atom is -0.445 e. The Morgan fingerprint density at radius 3 is 2.76 bits per heavy atom. The number of carbonyl (C=O) groups excluding carboxylic acids is 1. The molecule has 0 unspecified atom stereocenters. The van der Waals surface area contributed by atoms with Crippen LogP contribution < -0.4 is 0 Å². The maximum atomic E-state index is 12.1. The Bertz CT molecular complexity index is 851. The molecule has 25 heavy (non-hydrogen) atoms. The molecule has 1 aromatic heterocycles. The van der Waals surface area contributed by atoms with Gasteiger partial charge in [-0.25, -0.2) is 9.48 Å². The number of carbonyl (C=O) groups is 1. The third-order valence-electron chi connectivity index (χ3n) is 3.53. The number of hydrogen-bond acceptors (Lipinski definition) is 4. The molecule has 0 bridgehead atoms. The smallest absolute Gasteiger partial charge is 0.410 e. The Labute approximate surface area is 154 Å². The van der Waals surface area contributed by atoms with Gasteiger partial charge in [0.05, 0.1) is 18.4 Å². The van der Waals surface area contributed by atoms with Gasteiger partial charge in [0.1, 0.15) is 12.3 Å². The van der Waals surface area contributed by atoms with Gasteiger partial charge in [0.2, 0.25) is 0 Å². The number of nitrogens with zero attached hydrogens (tertiary/aromatic N) is 4. The van der Waals surface area contributed by atoms with Crippen molar-refractivity contribution in [3.05, 3.63) is 76.5 Å². The van der Waals surface area contributed by atoms with Gasteiger partial charge in [-0.1, -0.05) is 57.5 Å². The second kappa shape index (κ2) is 7.94. The fourth-order valence-corrected chi connectivity index (χ4v) is 2.64. The van der Waals surface area contributed by atoms with E-state index in [2.05, 4.69) is 26.2 Å². The Morgan fingerprint density at radius 1 is 1.20 bits per heavy atom. The molecule has 0 aliphatic carbocycles. The molecule has 2 aromatic carbocycles. The average molecular weight is 401 g/mol. The minimum atomic E-state index is -0.402. The average Bonchev–Trinajstić information content (AvgIpc) is 3.09. The number of amides is 1. The van der Waals surface area contributed by atoms with Gasteiger partial charge in [0, 0.05) is 11.5 Å². The van der Waals surface area contributed by atoms with Crippen LogP contribution >= 0.6 is 15.9 Å². The quantitative estimate of drug-likeness (QED) is 0.653. The van der Waals surface area contributed by atoms with Gasteiger partial charge in [-0.05, 0) is 23.8 Å². The molecule has 0 radical (unpaired) electrons. The fraction of sp³-hybridized carbons (Fsp3) is 0.167. The highest BCUT2D eigenvalue weighted by Gasteiger charge is 2.13. The zero-order valence-electron chi connectivity index (χ0n) is 13.7. The second-order valence-corrected chi connectivity index (χ2v) is 6.45. The van der Waals surface area contributed by atoms with Crippen molar-refractivity contribution in [3.63, 3.8) is 0 Å². The third-order valence-corrected chi connectivity index (χ3v) is 4.02. The summed E-state index contributed by atoms with van der Waals surface area (Å²) in [7, 11) is 1.67. The van der Waals surface area contributed by atoms with Crippen LogP contribution in [0, 0.1) is 0 Å². The van der Waals surface area contributed by atoms with Crippen molar-refractivity contribution in [3.8, 4) is 5.69 Å². The van der Waals surface area contributed by atoms with Crippen LogP contribution in [0.3, 0.4) is 0 Å². The van der Waals surface area contributed by atoms with Crippen LogP contribution in [-0.2, 0) is 17.9 Å². The summed E-state index contributed by atoms with van der Waals surface area (Å²) in [6, 6.07) is 17.3. The van der Waals surface area contributed by atoms with Crippen LogP contribution in [0.25, 0.3) is 5.69 Å². The molecule has 1 heterocycles. The lowest BCUT2D eigenvalue weighted by Gasteiger charge is -2.15. The molecule has 3 aromatic rings. The van der Waals surface area contributed by atoms with Gasteiger partial charge in [-0.2, -0.15) is 0 Å². The zero-order chi connectivity index (χ0) is 17.6. The predicted octanol–water partition coefficient (Wildman–Crippen LogP) is 3.80. The molecular formula is C18H17BrN4O2. The molecule has 0 saturated heterocycles. The van der Waals surface area contributed by atoms with E-state index in [4.69, 9.17) is 4.74 Å². The topological polar surface area (TPSA) is 60.2 Å². The summed E-state index contributed by atoms with van der Waals surface area (Å²) in [6.45, 7) is 0.566. The molecule has 0 aliphatic rings. The lowest BCUT2D eigenvalue weighted by molar-refractivity contribution is 0.102. The predicted molar refractivity (Wildman–Crippen MR) is 97.2 cm³/mol. The summed E-state index contributed by atoms with van der Waals surface area (Å²) in [5, 5.41) is 8.21. The maximum Gasteiger partial charge on any atom is 0.410 e. The van der Waals surface area contributed by atoms with Gasteiger partial charge in [-0.15, -0.1) is 5.10 Å².